The SMILES string of the molecule is CCOC(=O)C1CCC(NCCN(C)C(=O)OC(C)(C)C)CC1. The minimum Gasteiger partial charge on any atom is -0.466 e. The van der Waals surface area contributed by atoms with Crippen molar-refractivity contribution in [2.75, 3.05) is 26.7 Å². The summed E-state index contributed by atoms with van der Waals surface area (Å²) in [4.78, 5) is 25.1. The van der Waals surface area contributed by atoms with Crippen LogP contribution in [-0.4, -0.2) is 55.3 Å². The van der Waals surface area contributed by atoms with Gasteiger partial charge in [-0.1, -0.05) is 0 Å². The van der Waals surface area contributed by atoms with Crippen molar-refractivity contribution in [3.05, 3.63) is 0 Å². The average Bonchev–Trinajstić information content (AvgIpc) is 2.46. The van der Waals surface area contributed by atoms with Gasteiger partial charge in [0.25, 0.3) is 0 Å². The summed E-state index contributed by atoms with van der Waals surface area (Å²) in [5.74, 6) is -0.00644. The fourth-order valence-electron chi connectivity index (χ4n) is 2.66. The molecule has 1 aliphatic carbocycles. The molecule has 0 aromatic carbocycles. The zero-order valence-corrected chi connectivity index (χ0v) is 15.2. The minimum atomic E-state index is -0.468. The first-order valence-electron chi connectivity index (χ1n) is 8.57. The summed E-state index contributed by atoms with van der Waals surface area (Å²) in [5, 5.41) is 3.46. The molecule has 0 bridgehead atoms. The van der Waals surface area contributed by atoms with E-state index >= 15 is 0 Å². The van der Waals surface area contributed by atoms with Crippen molar-refractivity contribution in [2.45, 2.75) is 65.0 Å². The number of amides is 1. The third-order valence-corrected chi connectivity index (χ3v) is 3.93. The van der Waals surface area contributed by atoms with Gasteiger partial charge in [-0.3, -0.25) is 4.79 Å². The zero-order valence-electron chi connectivity index (χ0n) is 15.2. The van der Waals surface area contributed by atoms with Gasteiger partial charge in [0.15, 0.2) is 0 Å². The van der Waals surface area contributed by atoms with E-state index in [9.17, 15) is 9.59 Å². The quantitative estimate of drug-likeness (QED) is 0.759. The van der Waals surface area contributed by atoms with Crippen LogP contribution >= 0.6 is 0 Å². The molecule has 1 amide bonds. The van der Waals surface area contributed by atoms with Gasteiger partial charge in [0.05, 0.1) is 12.5 Å². The zero-order chi connectivity index (χ0) is 17.5. The van der Waals surface area contributed by atoms with Crippen LogP contribution in [0.5, 0.6) is 0 Å². The highest BCUT2D eigenvalue weighted by atomic mass is 16.6. The summed E-state index contributed by atoms with van der Waals surface area (Å²) in [5.41, 5.74) is -0.468. The van der Waals surface area contributed by atoms with Crippen molar-refractivity contribution in [2.24, 2.45) is 5.92 Å². The molecule has 6 heteroatoms. The third kappa shape index (κ3) is 7.68. The third-order valence-electron chi connectivity index (χ3n) is 3.93. The summed E-state index contributed by atoms with van der Waals surface area (Å²) in [7, 11) is 1.74. The second kappa shape index (κ2) is 9.11. The largest absolute Gasteiger partial charge is 0.466 e. The van der Waals surface area contributed by atoms with E-state index in [-0.39, 0.29) is 18.0 Å². The summed E-state index contributed by atoms with van der Waals surface area (Å²) in [6.07, 6.45) is 3.39. The van der Waals surface area contributed by atoms with E-state index < -0.39 is 5.60 Å². The number of hydrogen-bond donors (Lipinski definition) is 1. The molecule has 0 heterocycles. The van der Waals surface area contributed by atoms with Gasteiger partial charge in [-0.05, 0) is 53.4 Å². The van der Waals surface area contributed by atoms with Crippen molar-refractivity contribution in [1.82, 2.24) is 10.2 Å². The molecular weight excluding hydrogens is 296 g/mol. The van der Waals surface area contributed by atoms with Crippen LogP contribution in [0.1, 0.15) is 53.4 Å². The van der Waals surface area contributed by atoms with Gasteiger partial charge in [0.1, 0.15) is 5.60 Å². The number of likely N-dealkylation sites (N-methyl/N-ethyl adjacent to an activating group) is 1. The van der Waals surface area contributed by atoms with Crippen LogP contribution < -0.4 is 5.32 Å². The van der Waals surface area contributed by atoms with Gasteiger partial charge in [0, 0.05) is 26.2 Å². The molecule has 0 aromatic rings. The minimum absolute atomic E-state index is 0.0532. The molecule has 134 valence electrons. The molecule has 0 radical (unpaired) electrons. The van der Waals surface area contributed by atoms with E-state index in [0.29, 0.717) is 19.2 Å². The molecular formula is C17H32N2O4. The predicted molar refractivity (Wildman–Crippen MR) is 89.2 cm³/mol. The Bertz CT molecular complexity index is 385. The van der Waals surface area contributed by atoms with E-state index in [1.165, 1.54) is 0 Å². The molecule has 1 saturated carbocycles. The molecule has 0 unspecified atom stereocenters. The number of rotatable bonds is 6. The topological polar surface area (TPSA) is 67.9 Å². The van der Waals surface area contributed by atoms with E-state index in [4.69, 9.17) is 9.47 Å². The molecule has 0 aliphatic heterocycles. The normalized spacial score (nSPS) is 21.6. The Morgan fingerprint density at radius 2 is 1.78 bits per heavy atom. The lowest BCUT2D eigenvalue weighted by atomic mass is 9.86. The van der Waals surface area contributed by atoms with E-state index in [2.05, 4.69) is 5.32 Å². The van der Waals surface area contributed by atoms with E-state index in [0.717, 1.165) is 32.2 Å². The molecule has 1 aliphatic rings. The van der Waals surface area contributed by atoms with Crippen molar-refractivity contribution < 1.29 is 19.1 Å². The van der Waals surface area contributed by atoms with Crippen LogP contribution in [0.2, 0.25) is 0 Å². The summed E-state index contributed by atoms with van der Waals surface area (Å²) >= 11 is 0. The Morgan fingerprint density at radius 3 is 2.30 bits per heavy atom. The molecule has 1 N–H and O–H groups in total. The highest BCUT2D eigenvalue weighted by Crippen LogP contribution is 2.25. The van der Waals surface area contributed by atoms with E-state index in [1.807, 2.05) is 27.7 Å². The highest BCUT2D eigenvalue weighted by molar-refractivity contribution is 5.72. The van der Waals surface area contributed by atoms with Crippen molar-refractivity contribution in [3.63, 3.8) is 0 Å². The van der Waals surface area contributed by atoms with E-state index in [1.54, 1.807) is 11.9 Å². The first-order valence-corrected chi connectivity index (χ1v) is 8.57. The number of carbonyl (C=O) groups is 2. The number of carbonyl (C=O) groups excluding carboxylic acids is 2. The van der Waals surface area contributed by atoms with Crippen LogP contribution in [0, 0.1) is 5.92 Å². The van der Waals surface area contributed by atoms with Crippen LogP contribution in [0.3, 0.4) is 0 Å². The van der Waals surface area contributed by atoms with Crippen molar-refractivity contribution in [3.8, 4) is 0 Å². The molecule has 1 rings (SSSR count). The molecule has 1 fully saturated rings. The second-order valence-corrected chi connectivity index (χ2v) is 7.16. The highest BCUT2D eigenvalue weighted by Gasteiger charge is 2.27. The fourth-order valence-corrected chi connectivity index (χ4v) is 2.66. The van der Waals surface area contributed by atoms with Gasteiger partial charge >= 0.3 is 12.1 Å². The number of esters is 1. The van der Waals surface area contributed by atoms with Gasteiger partial charge in [-0.15, -0.1) is 0 Å². The maximum absolute atomic E-state index is 11.8. The van der Waals surface area contributed by atoms with Gasteiger partial charge in [-0.25, -0.2) is 4.79 Å². The average molecular weight is 328 g/mol. The van der Waals surface area contributed by atoms with Gasteiger partial charge < -0.3 is 19.7 Å². The first kappa shape index (κ1) is 19.7. The molecule has 0 saturated heterocycles. The fraction of sp³-hybridized carbons (Fsp3) is 0.882. The van der Waals surface area contributed by atoms with Gasteiger partial charge in [0.2, 0.25) is 0 Å². The van der Waals surface area contributed by atoms with Crippen LogP contribution in [-0.2, 0) is 14.3 Å². The Balaban J connectivity index is 2.20. The smallest absolute Gasteiger partial charge is 0.410 e. The molecule has 0 atom stereocenters. The van der Waals surface area contributed by atoms with Crippen LogP contribution in [0.15, 0.2) is 0 Å². The molecule has 0 spiro atoms. The Kier molecular flexibility index (Phi) is 7.82. The van der Waals surface area contributed by atoms with Crippen molar-refractivity contribution >= 4 is 12.1 Å². The second-order valence-electron chi connectivity index (χ2n) is 7.16. The molecule has 6 nitrogen and oxygen atoms in total. The maximum atomic E-state index is 11.8. The standard InChI is InChI=1S/C17H32N2O4/c1-6-22-15(20)13-7-9-14(10-8-13)18-11-12-19(5)16(21)23-17(2,3)4/h13-14,18H,6-12H2,1-5H3. The summed E-state index contributed by atoms with van der Waals surface area (Å²) in [6, 6.07) is 0.410. The lowest BCUT2D eigenvalue weighted by molar-refractivity contribution is -0.149. The Morgan fingerprint density at radius 1 is 1.17 bits per heavy atom. The Hall–Kier alpha value is -1.30. The first-order chi connectivity index (χ1) is 10.7. The molecule has 23 heavy (non-hydrogen) atoms. The lowest BCUT2D eigenvalue weighted by Gasteiger charge is -2.29. The lowest BCUT2D eigenvalue weighted by Crippen LogP contribution is -2.41. The number of nitrogens with zero attached hydrogens (tertiary/aromatic N) is 1. The van der Waals surface area contributed by atoms with Gasteiger partial charge in [-0.2, -0.15) is 0 Å². The maximum Gasteiger partial charge on any atom is 0.410 e. The summed E-state index contributed by atoms with van der Waals surface area (Å²) in [6.45, 7) is 9.20. The number of hydrogen-bond acceptors (Lipinski definition) is 5. The molecule has 0 aromatic heterocycles. The predicted octanol–water partition coefficient (Wildman–Crippen LogP) is 2.56. The van der Waals surface area contributed by atoms with Crippen LogP contribution in [0.25, 0.3) is 0 Å². The van der Waals surface area contributed by atoms with Crippen molar-refractivity contribution in [1.29, 1.82) is 0 Å². The Labute approximate surface area is 139 Å². The summed E-state index contributed by atoms with van der Waals surface area (Å²) < 4.78 is 10.4. The number of ether oxygens (including phenoxy) is 2. The monoisotopic (exact) mass is 328 g/mol. The number of nitrogens with one attached hydrogen (secondary N) is 1. The van der Waals surface area contributed by atoms with Crippen LogP contribution in [0.4, 0.5) is 4.79 Å².